The van der Waals surface area contributed by atoms with E-state index in [4.69, 9.17) is 0 Å². The maximum absolute atomic E-state index is 3.57. The van der Waals surface area contributed by atoms with Gasteiger partial charge in [-0.1, -0.05) is 45.0 Å². The minimum absolute atomic E-state index is 0.536. The van der Waals surface area contributed by atoms with Gasteiger partial charge in [0.25, 0.3) is 0 Å². The summed E-state index contributed by atoms with van der Waals surface area (Å²) in [4.78, 5) is 0. The first-order valence-electron chi connectivity index (χ1n) is 8.41. The summed E-state index contributed by atoms with van der Waals surface area (Å²) in [5.41, 5.74) is 2.91. The van der Waals surface area contributed by atoms with Crippen LogP contribution in [0.4, 0.5) is 0 Å². The van der Waals surface area contributed by atoms with E-state index < -0.39 is 0 Å². The van der Waals surface area contributed by atoms with E-state index in [1.807, 2.05) is 0 Å². The van der Waals surface area contributed by atoms with Crippen molar-refractivity contribution in [1.29, 1.82) is 0 Å². The third-order valence-corrected chi connectivity index (χ3v) is 5.29. The molecule has 2 rings (SSSR count). The number of hydrogen-bond acceptors (Lipinski definition) is 1. The lowest BCUT2D eigenvalue weighted by atomic mass is 9.73. The van der Waals surface area contributed by atoms with Crippen LogP contribution in [0.25, 0.3) is 0 Å². The van der Waals surface area contributed by atoms with E-state index in [0.717, 1.165) is 24.2 Å². The molecule has 1 N–H and O–H groups in total. The SMILES string of the molecule is CCc1ccc(C(NC)C2CCC(C(C)C)CC2)cc1. The number of rotatable bonds is 5. The van der Waals surface area contributed by atoms with Crippen molar-refractivity contribution in [3.05, 3.63) is 35.4 Å². The quantitative estimate of drug-likeness (QED) is 0.798. The lowest BCUT2D eigenvalue weighted by molar-refractivity contribution is 0.192. The van der Waals surface area contributed by atoms with Crippen LogP contribution in [-0.4, -0.2) is 7.05 Å². The molecule has 0 amide bonds. The Morgan fingerprint density at radius 3 is 2.00 bits per heavy atom. The summed E-state index contributed by atoms with van der Waals surface area (Å²) < 4.78 is 0. The van der Waals surface area contributed by atoms with Crippen LogP contribution in [0.3, 0.4) is 0 Å². The van der Waals surface area contributed by atoms with Crippen LogP contribution in [-0.2, 0) is 6.42 Å². The molecule has 1 aromatic rings. The Labute approximate surface area is 125 Å². The zero-order valence-electron chi connectivity index (χ0n) is 13.7. The van der Waals surface area contributed by atoms with E-state index in [0.29, 0.717) is 6.04 Å². The Kier molecular flexibility index (Phi) is 5.65. The molecular formula is C19H31N. The van der Waals surface area contributed by atoms with Gasteiger partial charge in [-0.2, -0.15) is 0 Å². The third-order valence-electron chi connectivity index (χ3n) is 5.29. The van der Waals surface area contributed by atoms with Crippen LogP contribution >= 0.6 is 0 Å². The van der Waals surface area contributed by atoms with E-state index in [1.54, 1.807) is 0 Å². The molecule has 1 nitrogen and oxygen atoms in total. The molecule has 0 aliphatic heterocycles. The van der Waals surface area contributed by atoms with Gasteiger partial charge in [0.1, 0.15) is 0 Å². The molecule has 1 aliphatic rings. The van der Waals surface area contributed by atoms with Gasteiger partial charge in [0, 0.05) is 6.04 Å². The van der Waals surface area contributed by atoms with Crippen molar-refractivity contribution in [1.82, 2.24) is 5.32 Å². The fraction of sp³-hybridized carbons (Fsp3) is 0.684. The molecule has 112 valence electrons. The average molecular weight is 273 g/mol. The van der Waals surface area contributed by atoms with Gasteiger partial charge in [0.15, 0.2) is 0 Å². The Hall–Kier alpha value is -0.820. The summed E-state index contributed by atoms with van der Waals surface area (Å²) in [5, 5.41) is 3.57. The summed E-state index contributed by atoms with van der Waals surface area (Å²) in [7, 11) is 2.12. The maximum atomic E-state index is 3.57. The van der Waals surface area contributed by atoms with Crippen molar-refractivity contribution in [3.8, 4) is 0 Å². The number of nitrogens with one attached hydrogen (secondary N) is 1. The van der Waals surface area contributed by atoms with E-state index in [9.17, 15) is 0 Å². The molecule has 0 heterocycles. The molecule has 0 radical (unpaired) electrons. The third kappa shape index (κ3) is 3.63. The Balaban J connectivity index is 2.01. The van der Waals surface area contributed by atoms with Crippen molar-refractivity contribution < 1.29 is 0 Å². The molecule has 1 saturated carbocycles. The molecule has 1 aromatic carbocycles. The first kappa shape index (κ1) is 15.6. The predicted molar refractivity (Wildman–Crippen MR) is 87.9 cm³/mol. The standard InChI is InChI=1S/C19H31N/c1-5-15-6-8-17(9-7-15)19(20-4)18-12-10-16(11-13-18)14(2)3/h6-9,14,16,18-20H,5,10-13H2,1-4H3. The highest BCUT2D eigenvalue weighted by Gasteiger charge is 2.28. The Morgan fingerprint density at radius 2 is 1.55 bits per heavy atom. The molecular weight excluding hydrogens is 242 g/mol. The van der Waals surface area contributed by atoms with Gasteiger partial charge < -0.3 is 5.32 Å². The average Bonchev–Trinajstić information content (AvgIpc) is 2.49. The highest BCUT2D eigenvalue weighted by Crippen LogP contribution is 2.39. The lowest BCUT2D eigenvalue weighted by Gasteiger charge is -2.35. The first-order chi connectivity index (χ1) is 9.65. The molecule has 0 aromatic heterocycles. The smallest absolute Gasteiger partial charge is 0.0346 e. The number of hydrogen-bond donors (Lipinski definition) is 1. The topological polar surface area (TPSA) is 12.0 Å². The number of aryl methyl sites for hydroxylation is 1. The van der Waals surface area contributed by atoms with Gasteiger partial charge in [0.05, 0.1) is 0 Å². The summed E-state index contributed by atoms with van der Waals surface area (Å²) in [5.74, 6) is 2.61. The monoisotopic (exact) mass is 273 g/mol. The van der Waals surface area contributed by atoms with Crippen molar-refractivity contribution in [2.45, 2.75) is 58.9 Å². The van der Waals surface area contributed by atoms with Gasteiger partial charge in [0.2, 0.25) is 0 Å². The summed E-state index contributed by atoms with van der Waals surface area (Å²) in [6.07, 6.45) is 6.71. The van der Waals surface area contributed by atoms with Crippen molar-refractivity contribution in [2.75, 3.05) is 7.05 Å². The highest BCUT2D eigenvalue weighted by atomic mass is 14.9. The van der Waals surface area contributed by atoms with Gasteiger partial charge in [-0.15, -0.1) is 0 Å². The van der Waals surface area contributed by atoms with Crippen LogP contribution < -0.4 is 5.32 Å². The van der Waals surface area contributed by atoms with Gasteiger partial charge >= 0.3 is 0 Å². The predicted octanol–water partition coefficient (Wildman–Crippen LogP) is 4.97. The molecule has 20 heavy (non-hydrogen) atoms. The highest BCUT2D eigenvalue weighted by molar-refractivity contribution is 5.25. The normalized spacial score (nSPS) is 24.9. The molecule has 0 saturated heterocycles. The second-order valence-electron chi connectivity index (χ2n) is 6.78. The van der Waals surface area contributed by atoms with E-state index in [2.05, 4.69) is 57.4 Å². The van der Waals surface area contributed by atoms with E-state index >= 15 is 0 Å². The van der Waals surface area contributed by atoms with Gasteiger partial charge in [-0.25, -0.2) is 0 Å². The number of benzene rings is 1. The van der Waals surface area contributed by atoms with Crippen LogP contribution in [0, 0.1) is 17.8 Å². The van der Waals surface area contributed by atoms with Crippen LogP contribution in [0.1, 0.15) is 63.6 Å². The minimum atomic E-state index is 0.536. The molecule has 1 aliphatic carbocycles. The Morgan fingerprint density at radius 1 is 1.00 bits per heavy atom. The minimum Gasteiger partial charge on any atom is -0.313 e. The first-order valence-corrected chi connectivity index (χ1v) is 8.41. The van der Waals surface area contributed by atoms with Crippen molar-refractivity contribution >= 4 is 0 Å². The van der Waals surface area contributed by atoms with Crippen LogP contribution in [0.2, 0.25) is 0 Å². The molecule has 1 fully saturated rings. The second-order valence-corrected chi connectivity index (χ2v) is 6.78. The van der Waals surface area contributed by atoms with Crippen LogP contribution in [0.5, 0.6) is 0 Å². The molecule has 1 heteroatoms. The van der Waals surface area contributed by atoms with Crippen LogP contribution in [0.15, 0.2) is 24.3 Å². The summed E-state index contributed by atoms with van der Waals surface area (Å²) >= 11 is 0. The molecule has 1 atom stereocenters. The van der Waals surface area contributed by atoms with Gasteiger partial charge in [-0.05, 0) is 68.0 Å². The molecule has 0 bridgehead atoms. The largest absolute Gasteiger partial charge is 0.313 e. The van der Waals surface area contributed by atoms with Gasteiger partial charge in [-0.3, -0.25) is 0 Å². The summed E-state index contributed by atoms with van der Waals surface area (Å²) in [6.45, 7) is 6.98. The fourth-order valence-electron chi connectivity index (χ4n) is 3.78. The zero-order valence-corrected chi connectivity index (χ0v) is 13.7. The van der Waals surface area contributed by atoms with Crippen molar-refractivity contribution in [2.24, 2.45) is 17.8 Å². The maximum Gasteiger partial charge on any atom is 0.0346 e. The molecule has 0 spiro atoms. The van der Waals surface area contributed by atoms with E-state index in [1.165, 1.54) is 36.8 Å². The Bertz CT molecular complexity index is 385. The fourth-order valence-corrected chi connectivity index (χ4v) is 3.78. The van der Waals surface area contributed by atoms with Crippen molar-refractivity contribution in [3.63, 3.8) is 0 Å². The molecule has 1 unspecified atom stereocenters. The zero-order chi connectivity index (χ0) is 14.5. The lowest BCUT2D eigenvalue weighted by Crippen LogP contribution is -2.29. The summed E-state index contributed by atoms with van der Waals surface area (Å²) in [6, 6.07) is 9.77. The second kappa shape index (κ2) is 7.26. The van der Waals surface area contributed by atoms with E-state index in [-0.39, 0.29) is 0 Å².